The molecule has 122 valence electrons. The van der Waals surface area contributed by atoms with Gasteiger partial charge in [-0.05, 0) is 49.6 Å². The SMILES string of the molecule is Cc1cccc(OCc2ccc(C(=O)N3CCCCCC3)o2)c1. The highest BCUT2D eigenvalue weighted by atomic mass is 16.5. The van der Waals surface area contributed by atoms with E-state index in [0.29, 0.717) is 18.1 Å². The van der Waals surface area contributed by atoms with Gasteiger partial charge < -0.3 is 14.1 Å². The Morgan fingerprint density at radius 3 is 2.65 bits per heavy atom. The van der Waals surface area contributed by atoms with E-state index < -0.39 is 0 Å². The number of hydrogen-bond donors (Lipinski definition) is 0. The van der Waals surface area contributed by atoms with E-state index in [2.05, 4.69) is 0 Å². The summed E-state index contributed by atoms with van der Waals surface area (Å²) in [6, 6.07) is 11.5. The molecule has 1 aliphatic rings. The Morgan fingerprint density at radius 2 is 1.91 bits per heavy atom. The molecule has 1 saturated heterocycles. The standard InChI is InChI=1S/C19H23NO3/c1-15-7-6-8-16(13-15)22-14-17-9-10-18(23-17)19(21)20-11-4-2-3-5-12-20/h6-10,13H,2-5,11-12,14H2,1H3. The lowest BCUT2D eigenvalue weighted by molar-refractivity contribution is 0.0725. The fourth-order valence-corrected chi connectivity index (χ4v) is 2.86. The van der Waals surface area contributed by atoms with Crippen LogP contribution in [0.2, 0.25) is 0 Å². The molecular weight excluding hydrogens is 290 g/mol. The molecule has 4 nitrogen and oxygen atoms in total. The number of carbonyl (C=O) groups is 1. The molecule has 0 unspecified atom stereocenters. The van der Waals surface area contributed by atoms with Crippen molar-refractivity contribution in [1.82, 2.24) is 4.90 Å². The molecule has 2 aromatic rings. The van der Waals surface area contributed by atoms with Gasteiger partial charge in [0.25, 0.3) is 5.91 Å². The zero-order valence-electron chi connectivity index (χ0n) is 13.6. The highest BCUT2D eigenvalue weighted by Gasteiger charge is 2.20. The Hall–Kier alpha value is -2.23. The van der Waals surface area contributed by atoms with Crippen LogP contribution in [0.3, 0.4) is 0 Å². The molecular formula is C19H23NO3. The van der Waals surface area contributed by atoms with Gasteiger partial charge in [0.15, 0.2) is 5.76 Å². The molecule has 0 spiro atoms. The topological polar surface area (TPSA) is 42.7 Å². The van der Waals surface area contributed by atoms with Crippen molar-refractivity contribution in [2.24, 2.45) is 0 Å². The molecule has 3 rings (SSSR count). The van der Waals surface area contributed by atoms with Crippen LogP contribution in [0.15, 0.2) is 40.8 Å². The van der Waals surface area contributed by atoms with Crippen LogP contribution < -0.4 is 4.74 Å². The number of likely N-dealkylation sites (tertiary alicyclic amines) is 1. The number of rotatable bonds is 4. The predicted octanol–water partition coefficient (Wildman–Crippen LogP) is 4.18. The van der Waals surface area contributed by atoms with Crippen molar-refractivity contribution in [2.45, 2.75) is 39.2 Å². The zero-order valence-corrected chi connectivity index (χ0v) is 13.6. The van der Waals surface area contributed by atoms with Crippen LogP contribution >= 0.6 is 0 Å². The predicted molar refractivity (Wildman–Crippen MR) is 88.6 cm³/mol. The van der Waals surface area contributed by atoms with Crippen molar-refractivity contribution in [3.05, 3.63) is 53.5 Å². The Kier molecular flexibility index (Phi) is 5.01. The molecule has 2 heterocycles. The van der Waals surface area contributed by atoms with Gasteiger partial charge >= 0.3 is 0 Å². The van der Waals surface area contributed by atoms with Crippen LogP contribution in [0.1, 0.15) is 47.6 Å². The van der Waals surface area contributed by atoms with Gasteiger partial charge in [-0.2, -0.15) is 0 Å². The number of aryl methyl sites for hydroxylation is 1. The van der Waals surface area contributed by atoms with Crippen LogP contribution in [0.4, 0.5) is 0 Å². The first-order valence-corrected chi connectivity index (χ1v) is 8.30. The second-order valence-electron chi connectivity index (χ2n) is 6.08. The lowest BCUT2D eigenvalue weighted by Crippen LogP contribution is -2.31. The number of hydrogen-bond acceptors (Lipinski definition) is 3. The van der Waals surface area contributed by atoms with E-state index in [0.717, 1.165) is 37.2 Å². The van der Waals surface area contributed by atoms with Gasteiger partial charge in [-0.1, -0.05) is 25.0 Å². The van der Waals surface area contributed by atoms with Crippen molar-refractivity contribution in [3.8, 4) is 5.75 Å². The minimum Gasteiger partial charge on any atom is -0.486 e. The number of benzene rings is 1. The summed E-state index contributed by atoms with van der Waals surface area (Å²) < 4.78 is 11.4. The van der Waals surface area contributed by atoms with Crippen molar-refractivity contribution in [1.29, 1.82) is 0 Å². The summed E-state index contributed by atoms with van der Waals surface area (Å²) in [5, 5.41) is 0. The summed E-state index contributed by atoms with van der Waals surface area (Å²) in [6.07, 6.45) is 4.57. The molecule has 1 aromatic carbocycles. The molecule has 0 aliphatic carbocycles. The molecule has 4 heteroatoms. The Morgan fingerprint density at radius 1 is 1.13 bits per heavy atom. The summed E-state index contributed by atoms with van der Waals surface area (Å²) >= 11 is 0. The average Bonchev–Trinajstić information content (AvgIpc) is 2.86. The number of ether oxygens (including phenoxy) is 1. The third kappa shape index (κ3) is 4.15. The number of carbonyl (C=O) groups excluding carboxylic acids is 1. The summed E-state index contributed by atoms with van der Waals surface area (Å²) in [7, 11) is 0. The third-order valence-corrected chi connectivity index (χ3v) is 4.14. The van der Waals surface area contributed by atoms with Gasteiger partial charge in [-0.3, -0.25) is 4.79 Å². The van der Waals surface area contributed by atoms with Gasteiger partial charge in [-0.25, -0.2) is 0 Å². The molecule has 0 N–H and O–H groups in total. The van der Waals surface area contributed by atoms with Crippen LogP contribution in [0, 0.1) is 6.92 Å². The Labute approximate surface area is 137 Å². The quantitative estimate of drug-likeness (QED) is 0.850. The zero-order chi connectivity index (χ0) is 16.1. The van der Waals surface area contributed by atoms with Gasteiger partial charge in [0.1, 0.15) is 18.1 Å². The molecule has 1 aliphatic heterocycles. The van der Waals surface area contributed by atoms with Crippen LogP contribution in [-0.4, -0.2) is 23.9 Å². The van der Waals surface area contributed by atoms with E-state index in [-0.39, 0.29) is 5.91 Å². The highest BCUT2D eigenvalue weighted by Crippen LogP contribution is 2.18. The first-order valence-electron chi connectivity index (χ1n) is 8.30. The van der Waals surface area contributed by atoms with Crippen molar-refractivity contribution < 1.29 is 13.9 Å². The molecule has 23 heavy (non-hydrogen) atoms. The molecule has 0 saturated carbocycles. The van der Waals surface area contributed by atoms with E-state index >= 15 is 0 Å². The molecule has 0 bridgehead atoms. The lowest BCUT2D eigenvalue weighted by atomic mass is 10.2. The number of amides is 1. The number of nitrogens with zero attached hydrogens (tertiary/aromatic N) is 1. The van der Waals surface area contributed by atoms with Crippen LogP contribution in [0.5, 0.6) is 5.75 Å². The van der Waals surface area contributed by atoms with E-state index in [1.165, 1.54) is 12.8 Å². The second kappa shape index (κ2) is 7.36. The maximum absolute atomic E-state index is 12.5. The van der Waals surface area contributed by atoms with E-state index in [4.69, 9.17) is 9.15 Å². The second-order valence-corrected chi connectivity index (χ2v) is 6.08. The van der Waals surface area contributed by atoms with Gasteiger partial charge in [0, 0.05) is 13.1 Å². The molecule has 1 aromatic heterocycles. The fraction of sp³-hybridized carbons (Fsp3) is 0.421. The molecule has 0 radical (unpaired) electrons. The van der Waals surface area contributed by atoms with Gasteiger partial charge in [-0.15, -0.1) is 0 Å². The van der Waals surface area contributed by atoms with Gasteiger partial charge in [0.2, 0.25) is 0 Å². The van der Waals surface area contributed by atoms with Crippen molar-refractivity contribution in [3.63, 3.8) is 0 Å². The molecule has 0 atom stereocenters. The first kappa shape index (κ1) is 15.7. The van der Waals surface area contributed by atoms with Crippen LogP contribution in [0.25, 0.3) is 0 Å². The highest BCUT2D eigenvalue weighted by molar-refractivity contribution is 5.91. The maximum Gasteiger partial charge on any atom is 0.289 e. The lowest BCUT2D eigenvalue weighted by Gasteiger charge is -2.18. The minimum atomic E-state index is -0.00583. The smallest absolute Gasteiger partial charge is 0.289 e. The molecule has 1 fully saturated rings. The largest absolute Gasteiger partial charge is 0.486 e. The maximum atomic E-state index is 12.5. The van der Waals surface area contributed by atoms with Crippen molar-refractivity contribution >= 4 is 5.91 Å². The number of furan rings is 1. The van der Waals surface area contributed by atoms with Crippen LogP contribution in [-0.2, 0) is 6.61 Å². The van der Waals surface area contributed by atoms with Gasteiger partial charge in [0.05, 0.1) is 0 Å². The normalized spacial score (nSPS) is 15.3. The third-order valence-electron chi connectivity index (χ3n) is 4.14. The Bertz CT molecular complexity index is 654. The minimum absolute atomic E-state index is 0.00583. The molecule has 1 amide bonds. The Balaban J connectivity index is 1.60. The first-order chi connectivity index (χ1) is 11.2. The van der Waals surface area contributed by atoms with Crippen molar-refractivity contribution in [2.75, 3.05) is 13.1 Å². The average molecular weight is 313 g/mol. The fourth-order valence-electron chi connectivity index (χ4n) is 2.86. The summed E-state index contributed by atoms with van der Waals surface area (Å²) in [5.74, 6) is 1.88. The summed E-state index contributed by atoms with van der Waals surface area (Å²) in [4.78, 5) is 14.4. The van der Waals surface area contributed by atoms with E-state index in [1.807, 2.05) is 42.2 Å². The summed E-state index contributed by atoms with van der Waals surface area (Å²) in [5.41, 5.74) is 1.15. The van der Waals surface area contributed by atoms with E-state index in [9.17, 15) is 4.79 Å². The van der Waals surface area contributed by atoms with E-state index in [1.54, 1.807) is 6.07 Å². The monoisotopic (exact) mass is 313 g/mol. The summed E-state index contributed by atoms with van der Waals surface area (Å²) in [6.45, 7) is 4.01.